The summed E-state index contributed by atoms with van der Waals surface area (Å²) in [5, 5.41) is 4.92. The molecule has 0 amide bonds. The molecule has 7 heteroatoms. The highest BCUT2D eigenvalue weighted by Gasteiger charge is 2.06. The third-order valence-corrected chi connectivity index (χ3v) is 4.33. The van der Waals surface area contributed by atoms with Gasteiger partial charge in [-0.25, -0.2) is 8.42 Å². The number of rotatable bonds is 4. The summed E-state index contributed by atoms with van der Waals surface area (Å²) < 4.78 is 22.7. The topological polar surface area (TPSA) is 58.5 Å². The largest absolute Gasteiger partial charge is 0.277 e. The Morgan fingerprint density at radius 3 is 2.14 bits per heavy atom. The molecule has 0 bridgehead atoms. The second kappa shape index (κ2) is 6.47. The van der Waals surface area contributed by atoms with Gasteiger partial charge in [0.15, 0.2) is 15.0 Å². The van der Waals surface area contributed by atoms with Crippen LogP contribution in [-0.4, -0.2) is 19.8 Å². The zero-order valence-corrected chi connectivity index (χ0v) is 13.4. The van der Waals surface area contributed by atoms with E-state index in [1.807, 2.05) is 0 Å². The van der Waals surface area contributed by atoms with E-state index < -0.39 is 9.84 Å². The minimum atomic E-state index is -3.20. The molecule has 0 spiro atoms. The van der Waals surface area contributed by atoms with Gasteiger partial charge in [-0.05, 0) is 36.4 Å². The molecule has 0 aliphatic heterocycles. The molecule has 0 atom stereocenters. The Bertz CT molecular complexity index is 755. The van der Waals surface area contributed by atoms with E-state index in [1.165, 1.54) is 12.1 Å². The highest BCUT2D eigenvalue weighted by Crippen LogP contribution is 2.15. The number of hydrogen-bond acceptors (Lipinski definition) is 4. The van der Waals surface area contributed by atoms with Crippen molar-refractivity contribution >= 4 is 43.9 Å². The first-order valence-corrected chi connectivity index (χ1v) is 8.56. The lowest BCUT2D eigenvalue weighted by Crippen LogP contribution is -1.99. The third kappa shape index (κ3) is 4.46. The van der Waals surface area contributed by atoms with Gasteiger partial charge in [0.2, 0.25) is 0 Å². The first-order valence-electron chi connectivity index (χ1n) is 5.91. The number of sulfone groups is 1. The van der Waals surface area contributed by atoms with Crippen LogP contribution >= 0.6 is 23.2 Å². The molecular weight excluding hydrogens is 331 g/mol. The molecule has 2 rings (SSSR count). The van der Waals surface area contributed by atoms with Gasteiger partial charge in [-0.2, -0.15) is 5.10 Å². The Kier molecular flexibility index (Phi) is 4.88. The highest BCUT2D eigenvalue weighted by molar-refractivity contribution is 7.90. The van der Waals surface area contributed by atoms with Crippen LogP contribution in [0.1, 0.15) is 5.56 Å². The Balaban J connectivity index is 2.11. The molecule has 110 valence electrons. The molecule has 0 fully saturated rings. The molecule has 0 aliphatic rings. The van der Waals surface area contributed by atoms with E-state index in [0.717, 1.165) is 11.8 Å². The van der Waals surface area contributed by atoms with Crippen molar-refractivity contribution in [2.45, 2.75) is 4.90 Å². The summed E-state index contributed by atoms with van der Waals surface area (Å²) in [6, 6.07) is 13.2. The zero-order valence-electron chi connectivity index (χ0n) is 11.0. The number of benzene rings is 2. The van der Waals surface area contributed by atoms with E-state index in [1.54, 1.807) is 36.4 Å². The first kappa shape index (κ1) is 15.8. The van der Waals surface area contributed by atoms with Gasteiger partial charge >= 0.3 is 0 Å². The Labute approximate surface area is 133 Å². The van der Waals surface area contributed by atoms with E-state index in [0.29, 0.717) is 10.7 Å². The standard InChI is InChI=1S/C14H12Cl2N2O2S/c1-21(19,20)13-8-6-12(7-9-13)17-18-14(16)10-2-4-11(15)5-3-10/h2-9,17H,1H3/b18-14-. The average Bonchev–Trinajstić information content (AvgIpc) is 2.45. The van der Waals surface area contributed by atoms with Gasteiger partial charge in [0.05, 0.1) is 10.6 Å². The van der Waals surface area contributed by atoms with Gasteiger partial charge in [0.1, 0.15) is 0 Å². The van der Waals surface area contributed by atoms with Crippen LogP contribution in [0.2, 0.25) is 5.02 Å². The molecule has 0 radical (unpaired) electrons. The second-order valence-electron chi connectivity index (χ2n) is 4.32. The lowest BCUT2D eigenvalue weighted by molar-refractivity contribution is 0.602. The summed E-state index contributed by atoms with van der Waals surface area (Å²) in [7, 11) is -3.20. The second-order valence-corrected chi connectivity index (χ2v) is 7.13. The molecule has 0 unspecified atom stereocenters. The van der Waals surface area contributed by atoms with Crippen molar-refractivity contribution in [1.82, 2.24) is 0 Å². The number of hydrogen-bond donors (Lipinski definition) is 1. The summed E-state index contributed by atoms with van der Waals surface area (Å²) in [5.41, 5.74) is 4.12. The van der Waals surface area contributed by atoms with Crippen LogP contribution in [0.15, 0.2) is 58.5 Å². The molecule has 0 saturated carbocycles. The van der Waals surface area contributed by atoms with Gasteiger partial charge in [0.25, 0.3) is 0 Å². The first-order chi connectivity index (χ1) is 9.86. The predicted octanol–water partition coefficient (Wildman–Crippen LogP) is 3.76. The molecular formula is C14H12Cl2N2O2S. The lowest BCUT2D eigenvalue weighted by atomic mass is 10.2. The summed E-state index contributed by atoms with van der Waals surface area (Å²) in [5.74, 6) is 0. The fraction of sp³-hybridized carbons (Fsp3) is 0.0714. The molecule has 2 aromatic carbocycles. The number of hydrazone groups is 1. The van der Waals surface area contributed by atoms with Crippen LogP contribution in [0.4, 0.5) is 5.69 Å². The molecule has 0 aliphatic carbocycles. The maximum atomic E-state index is 11.3. The number of halogens is 2. The van der Waals surface area contributed by atoms with E-state index in [4.69, 9.17) is 23.2 Å². The van der Waals surface area contributed by atoms with Crippen molar-refractivity contribution in [3.05, 3.63) is 59.1 Å². The van der Waals surface area contributed by atoms with Gasteiger partial charge in [-0.3, -0.25) is 5.43 Å². The number of nitrogens with zero attached hydrogens (tertiary/aromatic N) is 1. The van der Waals surface area contributed by atoms with Crippen LogP contribution < -0.4 is 5.43 Å². The van der Waals surface area contributed by atoms with Crippen molar-refractivity contribution in [3.8, 4) is 0 Å². The zero-order chi connectivity index (χ0) is 15.5. The van der Waals surface area contributed by atoms with Gasteiger partial charge in [-0.15, -0.1) is 0 Å². The minimum Gasteiger partial charge on any atom is -0.277 e. The number of nitrogens with one attached hydrogen (secondary N) is 1. The third-order valence-electron chi connectivity index (χ3n) is 2.65. The highest BCUT2D eigenvalue weighted by atomic mass is 35.5. The van der Waals surface area contributed by atoms with E-state index in [9.17, 15) is 8.42 Å². The van der Waals surface area contributed by atoms with Gasteiger partial charge in [0, 0.05) is 16.8 Å². The maximum Gasteiger partial charge on any atom is 0.175 e. The Morgan fingerprint density at radius 1 is 1.05 bits per heavy atom. The smallest absolute Gasteiger partial charge is 0.175 e. The van der Waals surface area contributed by atoms with E-state index >= 15 is 0 Å². The molecule has 0 aromatic heterocycles. The predicted molar refractivity (Wildman–Crippen MR) is 87.0 cm³/mol. The number of anilines is 1. The van der Waals surface area contributed by atoms with Crippen molar-refractivity contribution in [2.75, 3.05) is 11.7 Å². The van der Waals surface area contributed by atoms with E-state index in [2.05, 4.69) is 10.5 Å². The van der Waals surface area contributed by atoms with Crippen molar-refractivity contribution in [3.63, 3.8) is 0 Å². The molecule has 0 heterocycles. The maximum absolute atomic E-state index is 11.3. The Hall–Kier alpha value is -1.56. The molecule has 21 heavy (non-hydrogen) atoms. The van der Waals surface area contributed by atoms with Crippen molar-refractivity contribution in [2.24, 2.45) is 5.10 Å². The van der Waals surface area contributed by atoms with Crippen LogP contribution in [0.25, 0.3) is 0 Å². The minimum absolute atomic E-state index is 0.251. The van der Waals surface area contributed by atoms with Gasteiger partial charge < -0.3 is 0 Å². The molecule has 1 N–H and O–H groups in total. The average molecular weight is 343 g/mol. The van der Waals surface area contributed by atoms with Crippen LogP contribution in [0, 0.1) is 0 Å². The summed E-state index contributed by atoms with van der Waals surface area (Å²) in [6.07, 6.45) is 1.16. The Morgan fingerprint density at radius 2 is 1.62 bits per heavy atom. The molecule has 2 aromatic rings. The van der Waals surface area contributed by atoms with Gasteiger partial charge in [-0.1, -0.05) is 35.3 Å². The molecule has 4 nitrogen and oxygen atoms in total. The van der Waals surface area contributed by atoms with E-state index in [-0.39, 0.29) is 10.1 Å². The van der Waals surface area contributed by atoms with Crippen LogP contribution in [0.3, 0.4) is 0 Å². The fourth-order valence-electron chi connectivity index (χ4n) is 1.54. The van der Waals surface area contributed by atoms with Crippen LogP contribution in [-0.2, 0) is 9.84 Å². The normalized spacial score (nSPS) is 12.2. The van der Waals surface area contributed by atoms with Crippen molar-refractivity contribution in [1.29, 1.82) is 0 Å². The summed E-state index contributed by atoms with van der Waals surface area (Å²) in [4.78, 5) is 0.251. The summed E-state index contributed by atoms with van der Waals surface area (Å²) in [6.45, 7) is 0. The summed E-state index contributed by atoms with van der Waals surface area (Å²) >= 11 is 11.9. The monoisotopic (exact) mass is 342 g/mol. The van der Waals surface area contributed by atoms with Crippen LogP contribution in [0.5, 0.6) is 0 Å². The SMILES string of the molecule is CS(=O)(=O)c1ccc(N/N=C(\Cl)c2ccc(Cl)cc2)cc1. The quantitative estimate of drug-likeness (QED) is 0.679. The fourth-order valence-corrected chi connectivity index (χ4v) is 2.47. The molecule has 0 saturated heterocycles. The van der Waals surface area contributed by atoms with Crippen molar-refractivity contribution < 1.29 is 8.42 Å². The lowest BCUT2D eigenvalue weighted by Gasteiger charge is -2.04.